The lowest BCUT2D eigenvalue weighted by molar-refractivity contribution is -0.385. The average Bonchev–Trinajstić information content (AvgIpc) is 2.43. The van der Waals surface area contributed by atoms with E-state index in [9.17, 15) is 14.9 Å². The maximum atomic E-state index is 12.4. The molecule has 128 valence electrons. The maximum absolute atomic E-state index is 12.4. The predicted octanol–water partition coefficient (Wildman–Crippen LogP) is 3.17. The van der Waals surface area contributed by atoms with Crippen LogP contribution in [0.3, 0.4) is 0 Å². The first-order valence-electron chi connectivity index (χ1n) is 7.56. The van der Waals surface area contributed by atoms with Crippen LogP contribution in [0.2, 0.25) is 0 Å². The molecule has 7 heteroatoms. The van der Waals surface area contributed by atoms with Crippen LogP contribution in [-0.2, 0) is 0 Å². The number of nitrogens with zero attached hydrogens (tertiary/aromatic N) is 2. The van der Waals surface area contributed by atoms with Crippen LogP contribution < -0.4 is 5.32 Å². The van der Waals surface area contributed by atoms with Crippen molar-refractivity contribution in [1.82, 2.24) is 4.90 Å². The fourth-order valence-corrected chi connectivity index (χ4v) is 2.17. The van der Waals surface area contributed by atoms with Crippen molar-refractivity contribution >= 4 is 17.4 Å². The van der Waals surface area contributed by atoms with Crippen LogP contribution in [0.1, 0.15) is 32.8 Å². The quantitative estimate of drug-likeness (QED) is 0.621. The van der Waals surface area contributed by atoms with E-state index in [0.717, 1.165) is 0 Å². The topological polar surface area (TPSA) is 95.7 Å². The summed E-state index contributed by atoms with van der Waals surface area (Å²) in [6, 6.07) is 4.28. The predicted molar refractivity (Wildman–Crippen MR) is 89.6 cm³/mol. The van der Waals surface area contributed by atoms with Gasteiger partial charge in [-0.3, -0.25) is 10.1 Å². The Morgan fingerprint density at radius 3 is 2.57 bits per heavy atom. The summed E-state index contributed by atoms with van der Waals surface area (Å²) in [5, 5.41) is 22.7. The van der Waals surface area contributed by atoms with Gasteiger partial charge < -0.3 is 15.3 Å². The van der Waals surface area contributed by atoms with Crippen LogP contribution in [0.15, 0.2) is 18.2 Å². The first-order chi connectivity index (χ1) is 10.6. The number of nitro benzene ring substituents is 1. The third kappa shape index (κ3) is 6.23. The minimum Gasteiger partial charge on any atom is -0.396 e. The van der Waals surface area contributed by atoms with E-state index in [1.165, 1.54) is 6.07 Å². The number of nitro groups is 1. The zero-order valence-corrected chi connectivity index (χ0v) is 14.1. The summed E-state index contributed by atoms with van der Waals surface area (Å²) in [5.74, 6) is 0. The van der Waals surface area contributed by atoms with Crippen molar-refractivity contribution < 1.29 is 14.8 Å². The molecule has 2 amide bonds. The van der Waals surface area contributed by atoms with Gasteiger partial charge in [0.05, 0.1) is 4.92 Å². The summed E-state index contributed by atoms with van der Waals surface area (Å²) < 4.78 is 0. The Balaban J connectivity index is 2.89. The molecule has 0 radical (unpaired) electrons. The molecular formula is C16H25N3O4. The molecule has 0 saturated carbocycles. The van der Waals surface area contributed by atoms with E-state index in [0.29, 0.717) is 30.8 Å². The third-order valence-corrected chi connectivity index (χ3v) is 3.20. The van der Waals surface area contributed by atoms with Crippen molar-refractivity contribution in [1.29, 1.82) is 0 Å². The molecule has 0 aliphatic rings. The fourth-order valence-electron chi connectivity index (χ4n) is 2.17. The minimum absolute atomic E-state index is 0.00390. The number of aliphatic hydroxyl groups excluding tert-OH is 1. The number of hydrogen-bond acceptors (Lipinski definition) is 4. The summed E-state index contributed by atoms with van der Waals surface area (Å²) >= 11 is 0. The van der Waals surface area contributed by atoms with E-state index < -0.39 is 4.92 Å². The first kappa shape index (κ1) is 18.9. The van der Waals surface area contributed by atoms with Gasteiger partial charge in [0, 0.05) is 37.0 Å². The van der Waals surface area contributed by atoms with Crippen molar-refractivity contribution in [3.05, 3.63) is 33.9 Å². The van der Waals surface area contributed by atoms with Crippen molar-refractivity contribution in [2.24, 2.45) is 5.41 Å². The molecule has 0 aliphatic carbocycles. The monoisotopic (exact) mass is 323 g/mol. The third-order valence-electron chi connectivity index (χ3n) is 3.20. The molecule has 0 aromatic heterocycles. The molecule has 0 heterocycles. The lowest BCUT2D eigenvalue weighted by Gasteiger charge is -2.30. The van der Waals surface area contributed by atoms with Crippen LogP contribution >= 0.6 is 0 Å². The summed E-state index contributed by atoms with van der Waals surface area (Å²) in [6.07, 6.45) is 0.484. The van der Waals surface area contributed by atoms with Crippen LogP contribution in [0, 0.1) is 22.5 Å². The number of amides is 2. The molecule has 2 N–H and O–H groups in total. The molecule has 0 atom stereocenters. The molecule has 1 aromatic carbocycles. The highest BCUT2D eigenvalue weighted by Crippen LogP contribution is 2.23. The van der Waals surface area contributed by atoms with Gasteiger partial charge in [0.1, 0.15) is 0 Å². The molecule has 0 aliphatic heterocycles. The Morgan fingerprint density at radius 2 is 2.04 bits per heavy atom. The van der Waals surface area contributed by atoms with Gasteiger partial charge in [-0.1, -0.05) is 26.8 Å². The summed E-state index contributed by atoms with van der Waals surface area (Å²) in [4.78, 5) is 24.5. The average molecular weight is 323 g/mol. The highest BCUT2D eigenvalue weighted by atomic mass is 16.6. The number of carbonyl (C=O) groups excluding carboxylic acids is 1. The van der Waals surface area contributed by atoms with Gasteiger partial charge in [-0.2, -0.15) is 0 Å². The Labute approximate surface area is 136 Å². The van der Waals surface area contributed by atoms with Gasteiger partial charge in [-0.05, 0) is 24.8 Å². The van der Waals surface area contributed by atoms with E-state index in [4.69, 9.17) is 5.11 Å². The van der Waals surface area contributed by atoms with E-state index in [-0.39, 0.29) is 23.7 Å². The number of aliphatic hydroxyl groups is 1. The van der Waals surface area contributed by atoms with Gasteiger partial charge in [0.15, 0.2) is 0 Å². The largest absolute Gasteiger partial charge is 0.396 e. The number of nitrogens with one attached hydrogen (secondary N) is 1. The standard InChI is InChI=1S/C16H25N3O4/c1-12-6-7-13(10-14(12)19(22)23)17-15(21)18(8-5-9-20)11-16(2,3)4/h6-7,10,20H,5,8-9,11H2,1-4H3,(H,17,21). The number of benzene rings is 1. The normalized spacial score (nSPS) is 11.2. The van der Waals surface area contributed by atoms with E-state index >= 15 is 0 Å². The van der Waals surface area contributed by atoms with Gasteiger partial charge in [-0.15, -0.1) is 0 Å². The molecule has 0 saturated heterocycles. The number of urea groups is 1. The van der Waals surface area contributed by atoms with Crippen LogP contribution in [-0.4, -0.2) is 40.7 Å². The number of anilines is 1. The van der Waals surface area contributed by atoms with E-state index in [1.54, 1.807) is 24.0 Å². The number of hydrogen-bond donors (Lipinski definition) is 2. The molecule has 23 heavy (non-hydrogen) atoms. The van der Waals surface area contributed by atoms with Crippen molar-refractivity contribution in [2.45, 2.75) is 34.1 Å². The summed E-state index contributed by atoms with van der Waals surface area (Å²) in [7, 11) is 0. The minimum atomic E-state index is -0.469. The van der Waals surface area contributed by atoms with Crippen molar-refractivity contribution in [2.75, 3.05) is 25.0 Å². The second-order valence-corrected chi connectivity index (χ2v) is 6.75. The van der Waals surface area contributed by atoms with Gasteiger partial charge in [-0.25, -0.2) is 4.79 Å². The number of aryl methyl sites for hydroxylation is 1. The molecular weight excluding hydrogens is 298 g/mol. The SMILES string of the molecule is Cc1ccc(NC(=O)N(CCCO)CC(C)(C)C)cc1[N+](=O)[O-]. The smallest absolute Gasteiger partial charge is 0.321 e. The second kappa shape index (κ2) is 7.92. The second-order valence-electron chi connectivity index (χ2n) is 6.75. The lowest BCUT2D eigenvalue weighted by Crippen LogP contribution is -2.41. The molecule has 0 bridgehead atoms. The van der Waals surface area contributed by atoms with Crippen molar-refractivity contribution in [3.63, 3.8) is 0 Å². The Morgan fingerprint density at radius 1 is 1.39 bits per heavy atom. The number of rotatable bonds is 6. The zero-order chi connectivity index (χ0) is 17.6. The van der Waals surface area contributed by atoms with Gasteiger partial charge in [0.2, 0.25) is 0 Å². The van der Waals surface area contributed by atoms with Crippen LogP contribution in [0.4, 0.5) is 16.2 Å². The first-order valence-corrected chi connectivity index (χ1v) is 7.56. The number of carbonyl (C=O) groups is 1. The van der Waals surface area contributed by atoms with E-state index in [2.05, 4.69) is 5.32 Å². The Bertz CT molecular complexity index is 567. The van der Waals surface area contributed by atoms with Gasteiger partial charge in [0.25, 0.3) is 5.69 Å². The highest BCUT2D eigenvalue weighted by Gasteiger charge is 2.21. The highest BCUT2D eigenvalue weighted by molar-refractivity contribution is 5.89. The fraction of sp³-hybridized carbons (Fsp3) is 0.562. The van der Waals surface area contributed by atoms with Crippen LogP contribution in [0.25, 0.3) is 0 Å². The molecule has 1 rings (SSSR count). The Kier molecular flexibility index (Phi) is 6.50. The molecule has 0 unspecified atom stereocenters. The van der Waals surface area contributed by atoms with Crippen LogP contribution in [0.5, 0.6) is 0 Å². The molecule has 0 fully saturated rings. The maximum Gasteiger partial charge on any atom is 0.321 e. The van der Waals surface area contributed by atoms with Gasteiger partial charge >= 0.3 is 6.03 Å². The Hall–Kier alpha value is -2.15. The summed E-state index contributed by atoms with van der Waals surface area (Å²) in [5.41, 5.74) is 0.807. The zero-order valence-electron chi connectivity index (χ0n) is 14.1. The van der Waals surface area contributed by atoms with Crippen molar-refractivity contribution in [3.8, 4) is 0 Å². The molecule has 1 aromatic rings. The summed E-state index contributed by atoms with van der Waals surface area (Å²) in [6.45, 7) is 8.65. The molecule has 0 spiro atoms. The molecule has 7 nitrogen and oxygen atoms in total. The van der Waals surface area contributed by atoms with E-state index in [1.807, 2.05) is 20.8 Å². The lowest BCUT2D eigenvalue weighted by atomic mass is 9.96.